The summed E-state index contributed by atoms with van der Waals surface area (Å²) in [5.74, 6) is 5.68. The van der Waals surface area contributed by atoms with Gasteiger partial charge in [0.05, 0.1) is 12.2 Å². The van der Waals surface area contributed by atoms with Crippen molar-refractivity contribution >= 4 is 0 Å². The Hall–Kier alpha value is -0.860. The van der Waals surface area contributed by atoms with Crippen LogP contribution in [-0.4, -0.2) is 22.4 Å². The molecule has 2 N–H and O–H groups in total. The summed E-state index contributed by atoms with van der Waals surface area (Å²) in [6, 6.07) is 0. The Balaban J connectivity index is 1.08. The van der Waals surface area contributed by atoms with Crippen LogP contribution in [0.4, 0.5) is 0 Å². The summed E-state index contributed by atoms with van der Waals surface area (Å²) < 4.78 is 0. The van der Waals surface area contributed by atoms with Gasteiger partial charge in [0.1, 0.15) is 0 Å². The van der Waals surface area contributed by atoms with Crippen molar-refractivity contribution in [2.75, 3.05) is 0 Å². The highest BCUT2D eigenvalue weighted by Gasteiger charge is 2.52. The maximum atomic E-state index is 10.2. The van der Waals surface area contributed by atoms with Gasteiger partial charge in [-0.3, -0.25) is 0 Å². The van der Waals surface area contributed by atoms with Gasteiger partial charge >= 0.3 is 0 Å². The zero-order valence-corrected chi connectivity index (χ0v) is 23.2. The normalized spacial score (nSPS) is 49.1. The Bertz CT molecular complexity index is 875. The fourth-order valence-electron chi connectivity index (χ4n) is 11.3. The molecule has 2 nitrogen and oxygen atoms in total. The minimum Gasteiger partial charge on any atom is -0.393 e. The molecule has 7 saturated carbocycles. The van der Waals surface area contributed by atoms with Gasteiger partial charge in [-0.2, -0.15) is 0 Å². The molecule has 7 rings (SSSR count). The Labute approximate surface area is 220 Å². The molecule has 0 heterocycles. The SMILES string of the molecule is C=C1/C(=C/C=C2/CCCC3(C)C2CCC3[C@H](C)CCCC23CC4CC(CC(C4)C2)C3)C[C@@H](O)C[C@@H]1O. The van der Waals surface area contributed by atoms with Gasteiger partial charge in [0.15, 0.2) is 0 Å². The zero-order chi connectivity index (χ0) is 25.1. The molecule has 0 aromatic heterocycles. The monoisotopic (exact) mass is 492 g/mol. The van der Waals surface area contributed by atoms with Gasteiger partial charge in [0.2, 0.25) is 0 Å². The first-order valence-electron chi connectivity index (χ1n) is 15.7. The molecule has 0 radical (unpaired) electrons. The van der Waals surface area contributed by atoms with Crippen molar-refractivity contribution in [2.24, 2.45) is 46.3 Å². The molecule has 200 valence electrons. The third-order valence-corrected chi connectivity index (χ3v) is 12.5. The highest BCUT2D eigenvalue weighted by Crippen LogP contribution is 2.63. The minimum atomic E-state index is -0.592. The molecule has 0 aromatic rings. The lowest BCUT2D eigenvalue weighted by molar-refractivity contribution is -0.0592. The molecule has 7 aliphatic rings. The summed E-state index contributed by atoms with van der Waals surface area (Å²) in [6.07, 6.45) is 25.1. The minimum absolute atomic E-state index is 0.426. The largest absolute Gasteiger partial charge is 0.393 e. The van der Waals surface area contributed by atoms with Crippen LogP contribution in [0.2, 0.25) is 0 Å². The number of fused-ring (bicyclic) bond motifs is 1. The van der Waals surface area contributed by atoms with Crippen LogP contribution in [0.15, 0.2) is 35.5 Å². The van der Waals surface area contributed by atoms with E-state index in [2.05, 4.69) is 32.6 Å². The standard InChI is InChI=1S/C34H52O2/c1-22(6-4-13-34-19-24-14-25(20-34)16-26(15-24)21-34)30-10-11-31-27(7-5-12-33(30,31)3)8-9-28-17-29(35)18-32(36)23(28)2/h8-9,22,24-26,29-32,35-36H,2,4-7,10-21H2,1,3H3/b27-8-,28-9+/t22-,24?,25?,26?,29-,30?,31?,32+,33?,34?/m1/s1. The topological polar surface area (TPSA) is 40.5 Å². The van der Waals surface area contributed by atoms with Crippen LogP contribution in [0.25, 0.3) is 0 Å². The van der Waals surface area contributed by atoms with Gasteiger partial charge in [-0.25, -0.2) is 0 Å². The first-order valence-corrected chi connectivity index (χ1v) is 15.7. The Morgan fingerprint density at radius 1 is 1.00 bits per heavy atom. The van der Waals surface area contributed by atoms with E-state index in [9.17, 15) is 10.2 Å². The predicted molar refractivity (Wildman–Crippen MR) is 148 cm³/mol. The Morgan fingerprint density at radius 3 is 2.39 bits per heavy atom. The molecule has 3 unspecified atom stereocenters. The maximum Gasteiger partial charge on any atom is 0.0811 e. The summed E-state index contributed by atoms with van der Waals surface area (Å²) in [6.45, 7) is 9.33. The number of aliphatic hydroxyl groups excluding tert-OH is 2. The summed E-state index contributed by atoms with van der Waals surface area (Å²) >= 11 is 0. The van der Waals surface area contributed by atoms with E-state index in [1.54, 1.807) is 44.1 Å². The molecule has 0 amide bonds. The van der Waals surface area contributed by atoms with Crippen LogP contribution in [0, 0.1) is 46.3 Å². The molecule has 7 aliphatic carbocycles. The molecule has 4 bridgehead atoms. The maximum absolute atomic E-state index is 10.2. The summed E-state index contributed by atoms with van der Waals surface area (Å²) in [7, 11) is 0. The van der Waals surface area contributed by atoms with Crippen molar-refractivity contribution in [1.82, 2.24) is 0 Å². The van der Waals surface area contributed by atoms with Gasteiger partial charge in [0, 0.05) is 6.42 Å². The van der Waals surface area contributed by atoms with Crippen molar-refractivity contribution in [3.8, 4) is 0 Å². The molecular formula is C34H52O2. The highest BCUT2D eigenvalue weighted by atomic mass is 16.3. The first kappa shape index (κ1) is 25.4. The van der Waals surface area contributed by atoms with Crippen molar-refractivity contribution < 1.29 is 10.2 Å². The summed E-state index contributed by atoms with van der Waals surface area (Å²) in [4.78, 5) is 0. The third kappa shape index (κ3) is 4.61. The molecule has 0 saturated heterocycles. The lowest BCUT2D eigenvalue weighted by Crippen LogP contribution is -2.46. The van der Waals surface area contributed by atoms with E-state index >= 15 is 0 Å². The van der Waals surface area contributed by atoms with Gasteiger partial charge in [0.25, 0.3) is 0 Å². The van der Waals surface area contributed by atoms with E-state index < -0.39 is 12.2 Å². The van der Waals surface area contributed by atoms with Crippen molar-refractivity contribution in [3.05, 3.63) is 35.5 Å². The molecule has 2 heteroatoms. The molecule has 0 aliphatic heterocycles. The lowest BCUT2D eigenvalue weighted by atomic mass is 9.48. The van der Waals surface area contributed by atoms with Crippen molar-refractivity contribution in [3.63, 3.8) is 0 Å². The van der Waals surface area contributed by atoms with Crippen LogP contribution < -0.4 is 0 Å². The van der Waals surface area contributed by atoms with Crippen molar-refractivity contribution in [1.29, 1.82) is 0 Å². The Kier molecular flexibility index (Phi) is 6.86. The second kappa shape index (κ2) is 9.71. The number of rotatable bonds is 6. The van der Waals surface area contributed by atoms with E-state index in [4.69, 9.17) is 0 Å². The van der Waals surface area contributed by atoms with E-state index in [1.807, 2.05) is 0 Å². The van der Waals surface area contributed by atoms with Crippen LogP contribution in [0.5, 0.6) is 0 Å². The molecular weight excluding hydrogens is 440 g/mol. The second-order valence-corrected chi connectivity index (χ2v) is 15.0. The first-order chi connectivity index (χ1) is 17.2. The average molecular weight is 493 g/mol. The number of aliphatic hydroxyl groups is 2. The number of hydrogen-bond donors (Lipinski definition) is 2. The molecule has 6 atom stereocenters. The lowest BCUT2D eigenvalue weighted by Gasteiger charge is -2.57. The van der Waals surface area contributed by atoms with Crippen LogP contribution in [0.3, 0.4) is 0 Å². The highest BCUT2D eigenvalue weighted by molar-refractivity contribution is 5.38. The molecule has 0 spiro atoms. The van der Waals surface area contributed by atoms with Gasteiger partial charge in [-0.05, 0) is 141 Å². The zero-order valence-electron chi connectivity index (χ0n) is 23.2. The fourth-order valence-corrected chi connectivity index (χ4v) is 11.3. The van der Waals surface area contributed by atoms with Crippen LogP contribution in [-0.2, 0) is 0 Å². The summed E-state index contributed by atoms with van der Waals surface area (Å²) in [5, 5.41) is 20.4. The van der Waals surface area contributed by atoms with Gasteiger partial charge < -0.3 is 10.2 Å². The van der Waals surface area contributed by atoms with Crippen LogP contribution >= 0.6 is 0 Å². The quantitative estimate of drug-likeness (QED) is 0.393. The molecule has 7 fully saturated rings. The smallest absolute Gasteiger partial charge is 0.0811 e. The molecule has 0 aromatic carbocycles. The second-order valence-electron chi connectivity index (χ2n) is 15.0. The molecule has 36 heavy (non-hydrogen) atoms. The van der Waals surface area contributed by atoms with E-state index in [0.29, 0.717) is 24.2 Å². The Morgan fingerprint density at radius 2 is 1.69 bits per heavy atom. The van der Waals surface area contributed by atoms with E-state index in [1.165, 1.54) is 51.4 Å². The van der Waals surface area contributed by atoms with Crippen molar-refractivity contribution in [2.45, 2.75) is 129 Å². The number of hydrogen-bond acceptors (Lipinski definition) is 2. The predicted octanol–water partition coefficient (Wildman–Crippen LogP) is 8.15. The van der Waals surface area contributed by atoms with E-state index in [-0.39, 0.29) is 0 Å². The third-order valence-electron chi connectivity index (χ3n) is 12.5. The fraction of sp³-hybridized carbons (Fsp3) is 0.824. The summed E-state index contributed by atoms with van der Waals surface area (Å²) in [5.41, 5.74) is 4.68. The number of allylic oxidation sites excluding steroid dienone is 3. The van der Waals surface area contributed by atoms with Crippen LogP contribution in [0.1, 0.15) is 117 Å². The average Bonchev–Trinajstić information content (AvgIpc) is 3.17. The van der Waals surface area contributed by atoms with Gasteiger partial charge in [-0.15, -0.1) is 0 Å². The van der Waals surface area contributed by atoms with Gasteiger partial charge in [-0.1, -0.05) is 51.0 Å². The van der Waals surface area contributed by atoms with E-state index in [0.717, 1.165) is 46.2 Å².